The highest BCUT2D eigenvalue weighted by atomic mass is 16.6. The molecule has 6 heteroatoms. The lowest BCUT2D eigenvalue weighted by molar-refractivity contribution is 0.171. The van der Waals surface area contributed by atoms with Crippen molar-refractivity contribution in [2.45, 2.75) is 18.9 Å². The molecule has 1 unspecified atom stereocenters. The van der Waals surface area contributed by atoms with Crippen LogP contribution in [0.4, 0.5) is 11.5 Å². The lowest BCUT2D eigenvalue weighted by Gasteiger charge is -2.29. The van der Waals surface area contributed by atoms with Crippen LogP contribution in [0.5, 0.6) is 11.5 Å². The molecule has 6 nitrogen and oxygen atoms in total. The zero-order valence-corrected chi connectivity index (χ0v) is 13.2. The van der Waals surface area contributed by atoms with E-state index in [1.165, 1.54) is 0 Å². The lowest BCUT2D eigenvalue weighted by Crippen LogP contribution is -2.24. The first kappa shape index (κ1) is 14.6. The molecule has 122 valence electrons. The van der Waals surface area contributed by atoms with Crippen molar-refractivity contribution in [2.75, 3.05) is 30.4 Å². The van der Waals surface area contributed by atoms with E-state index in [0.717, 1.165) is 42.1 Å². The molecule has 24 heavy (non-hydrogen) atoms. The second-order valence-corrected chi connectivity index (χ2v) is 5.96. The highest BCUT2D eigenvalue weighted by Crippen LogP contribution is 2.41. The summed E-state index contributed by atoms with van der Waals surface area (Å²) in [5.74, 6) is 1.86. The minimum atomic E-state index is 0.190. The molecule has 3 heterocycles. The second-order valence-electron chi connectivity index (χ2n) is 5.96. The Morgan fingerprint density at radius 3 is 2.88 bits per heavy atom. The number of pyridine rings is 1. The van der Waals surface area contributed by atoms with E-state index in [4.69, 9.17) is 15.2 Å². The third-order valence-electron chi connectivity index (χ3n) is 4.58. The number of nitriles is 1. The fourth-order valence-corrected chi connectivity index (χ4v) is 3.49. The predicted octanol–water partition coefficient (Wildman–Crippen LogP) is 2.65. The number of benzene rings is 1. The van der Waals surface area contributed by atoms with Crippen LogP contribution >= 0.6 is 0 Å². The van der Waals surface area contributed by atoms with Crippen molar-refractivity contribution in [1.29, 1.82) is 5.26 Å². The van der Waals surface area contributed by atoms with Crippen LogP contribution in [-0.4, -0.2) is 24.7 Å². The number of fused-ring (bicyclic) bond motifs is 1. The molecule has 2 aromatic rings. The molecule has 1 aromatic heterocycles. The second kappa shape index (κ2) is 5.93. The van der Waals surface area contributed by atoms with Gasteiger partial charge in [0.2, 0.25) is 0 Å². The average Bonchev–Trinajstić information content (AvgIpc) is 3.10. The summed E-state index contributed by atoms with van der Waals surface area (Å²) in [4.78, 5) is 6.27. The lowest BCUT2D eigenvalue weighted by atomic mass is 10.0. The van der Waals surface area contributed by atoms with E-state index in [0.29, 0.717) is 18.8 Å². The minimum absolute atomic E-state index is 0.190. The summed E-state index contributed by atoms with van der Waals surface area (Å²) in [7, 11) is 0. The summed E-state index contributed by atoms with van der Waals surface area (Å²) >= 11 is 0. The van der Waals surface area contributed by atoms with Crippen LogP contribution in [0, 0.1) is 11.3 Å². The molecule has 1 atom stereocenters. The summed E-state index contributed by atoms with van der Waals surface area (Å²) in [6.07, 6.45) is 3.74. The van der Waals surface area contributed by atoms with Crippen LogP contribution in [0.2, 0.25) is 0 Å². The van der Waals surface area contributed by atoms with Crippen LogP contribution in [-0.2, 0) is 0 Å². The normalized spacial score (nSPS) is 19.1. The molecule has 2 N–H and O–H groups in total. The van der Waals surface area contributed by atoms with Crippen LogP contribution in [0.1, 0.15) is 30.0 Å². The van der Waals surface area contributed by atoms with E-state index in [1.807, 2.05) is 18.2 Å². The van der Waals surface area contributed by atoms with Gasteiger partial charge in [-0.1, -0.05) is 6.07 Å². The van der Waals surface area contributed by atoms with Gasteiger partial charge >= 0.3 is 0 Å². The number of hydrogen-bond acceptors (Lipinski definition) is 6. The van der Waals surface area contributed by atoms with E-state index in [-0.39, 0.29) is 11.9 Å². The molecule has 1 fully saturated rings. The van der Waals surface area contributed by atoms with Crippen molar-refractivity contribution in [3.63, 3.8) is 0 Å². The Bertz CT molecular complexity index is 815. The Morgan fingerprint density at radius 1 is 1.21 bits per heavy atom. The molecule has 2 aliphatic heterocycles. The molecule has 4 rings (SSSR count). The molecule has 2 aliphatic rings. The van der Waals surface area contributed by atoms with Gasteiger partial charge in [-0.3, -0.25) is 0 Å². The molecule has 0 aliphatic carbocycles. The zero-order chi connectivity index (χ0) is 16.5. The highest BCUT2D eigenvalue weighted by molar-refractivity contribution is 5.68. The van der Waals surface area contributed by atoms with Gasteiger partial charge in [-0.05, 0) is 36.6 Å². The smallest absolute Gasteiger partial charge is 0.161 e. The predicted molar refractivity (Wildman–Crippen MR) is 90.1 cm³/mol. The molecule has 1 aromatic carbocycles. The maximum absolute atomic E-state index is 9.44. The van der Waals surface area contributed by atoms with Crippen molar-refractivity contribution >= 4 is 11.5 Å². The zero-order valence-electron chi connectivity index (χ0n) is 13.2. The van der Waals surface area contributed by atoms with Crippen molar-refractivity contribution in [3.8, 4) is 17.6 Å². The third-order valence-corrected chi connectivity index (χ3v) is 4.58. The number of rotatable bonds is 2. The number of hydrogen-bond donors (Lipinski definition) is 1. The topological polar surface area (TPSA) is 84.4 Å². The maximum atomic E-state index is 9.44. The van der Waals surface area contributed by atoms with Gasteiger partial charge in [0.05, 0.1) is 11.7 Å². The Hall–Kier alpha value is -2.94. The number of anilines is 2. The van der Waals surface area contributed by atoms with Crippen LogP contribution in [0.15, 0.2) is 30.5 Å². The van der Waals surface area contributed by atoms with Crippen molar-refractivity contribution in [1.82, 2.24) is 4.98 Å². The molecule has 0 amide bonds. The Balaban J connectivity index is 1.71. The maximum Gasteiger partial charge on any atom is 0.161 e. The highest BCUT2D eigenvalue weighted by Gasteiger charge is 2.29. The third kappa shape index (κ3) is 2.38. The first-order chi connectivity index (χ1) is 11.8. The van der Waals surface area contributed by atoms with Gasteiger partial charge in [-0.2, -0.15) is 5.26 Å². The first-order valence-electron chi connectivity index (χ1n) is 8.08. The molecule has 0 spiro atoms. The van der Waals surface area contributed by atoms with E-state index < -0.39 is 0 Å². The average molecular weight is 322 g/mol. The number of nitrogen functional groups attached to an aromatic ring is 1. The Morgan fingerprint density at radius 2 is 2.04 bits per heavy atom. The number of nitrogens with zero attached hydrogens (tertiary/aromatic N) is 3. The summed E-state index contributed by atoms with van der Waals surface area (Å²) in [6.45, 7) is 2.05. The number of ether oxygens (including phenoxy) is 2. The molecular formula is C18H18N4O2. The first-order valence-corrected chi connectivity index (χ1v) is 8.08. The Kier molecular flexibility index (Phi) is 3.62. The van der Waals surface area contributed by atoms with Gasteiger partial charge in [0.25, 0.3) is 0 Å². The van der Waals surface area contributed by atoms with Crippen LogP contribution in [0.25, 0.3) is 0 Å². The molecule has 0 saturated carbocycles. The van der Waals surface area contributed by atoms with Gasteiger partial charge < -0.3 is 20.1 Å². The summed E-state index contributed by atoms with van der Waals surface area (Å²) in [5, 5.41) is 9.44. The quantitative estimate of drug-likeness (QED) is 0.915. The SMILES string of the molecule is N#Cc1c(N2CCCC2c2ccc3c(c2)OCCO3)ccnc1N. The van der Waals surface area contributed by atoms with Gasteiger partial charge in [0.1, 0.15) is 30.7 Å². The van der Waals surface area contributed by atoms with E-state index >= 15 is 0 Å². The van der Waals surface area contributed by atoms with Gasteiger partial charge in [0.15, 0.2) is 11.5 Å². The number of nitrogens with two attached hydrogens (primary N) is 1. The molecule has 0 radical (unpaired) electrons. The van der Waals surface area contributed by atoms with Gasteiger partial charge in [-0.25, -0.2) is 4.98 Å². The number of aromatic nitrogens is 1. The summed E-state index contributed by atoms with van der Waals surface area (Å²) in [5.41, 5.74) is 8.34. The minimum Gasteiger partial charge on any atom is -0.486 e. The van der Waals surface area contributed by atoms with E-state index in [9.17, 15) is 5.26 Å². The monoisotopic (exact) mass is 322 g/mol. The van der Waals surface area contributed by atoms with Crippen LogP contribution < -0.4 is 20.1 Å². The van der Waals surface area contributed by atoms with E-state index in [2.05, 4.69) is 22.0 Å². The standard InChI is InChI=1S/C18H18N4O2/c19-11-13-15(5-6-21-18(13)20)22-7-1-2-14(22)12-3-4-16-17(10-12)24-9-8-23-16/h3-6,10,14H,1-2,7-9H2,(H2,20,21). The molecular weight excluding hydrogens is 304 g/mol. The van der Waals surface area contributed by atoms with Gasteiger partial charge in [-0.15, -0.1) is 0 Å². The largest absolute Gasteiger partial charge is 0.486 e. The fraction of sp³-hybridized carbons (Fsp3) is 0.333. The summed E-state index contributed by atoms with van der Waals surface area (Å²) in [6, 6.07) is 10.3. The van der Waals surface area contributed by atoms with Crippen molar-refractivity contribution < 1.29 is 9.47 Å². The summed E-state index contributed by atoms with van der Waals surface area (Å²) < 4.78 is 11.3. The van der Waals surface area contributed by atoms with E-state index in [1.54, 1.807) is 6.20 Å². The van der Waals surface area contributed by atoms with Gasteiger partial charge in [0, 0.05) is 12.7 Å². The van der Waals surface area contributed by atoms with Crippen molar-refractivity contribution in [3.05, 3.63) is 41.6 Å². The fourth-order valence-electron chi connectivity index (χ4n) is 3.49. The van der Waals surface area contributed by atoms with Crippen LogP contribution in [0.3, 0.4) is 0 Å². The molecule has 1 saturated heterocycles. The molecule has 0 bridgehead atoms. The Labute approximate surface area is 140 Å². The van der Waals surface area contributed by atoms with Crippen molar-refractivity contribution in [2.24, 2.45) is 0 Å².